The number of hydrogen-bond donors (Lipinski definition) is 2. The molecule has 1 aliphatic rings. The lowest BCUT2D eigenvalue weighted by Gasteiger charge is -2.39. The number of aliphatic carboxylic acids is 1. The molecule has 1 rings (SSSR count). The maximum atomic E-state index is 11.3. The van der Waals surface area contributed by atoms with Crippen LogP contribution in [0.2, 0.25) is 0 Å². The van der Waals surface area contributed by atoms with Crippen LogP contribution in [0.3, 0.4) is 0 Å². The van der Waals surface area contributed by atoms with Crippen LogP contribution in [0.25, 0.3) is 0 Å². The molecule has 15 heavy (non-hydrogen) atoms. The number of rotatable bonds is 4. The van der Waals surface area contributed by atoms with Crippen molar-refractivity contribution in [1.29, 1.82) is 0 Å². The number of carboxylic acids is 1. The summed E-state index contributed by atoms with van der Waals surface area (Å²) >= 11 is 0. The van der Waals surface area contributed by atoms with Crippen molar-refractivity contribution in [1.82, 2.24) is 0 Å². The van der Waals surface area contributed by atoms with Crippen molar-refractivity contribution >= 4 is 5.97 Å². The molecule has 0 amide bonds. The summed E-state index contributed by atoms with van der Waals surface area (Å²) in [4.78, 5) is 11.3. The van der Waals surface area contributed by atoms with E-state index >= 15 is 0 Å². The molecule has 5 nitrogen and oxygen atoms in total. The normalized spacial score (nSPS) is 31.9. The van der Waals surface area contributed by atoms with Crippen LogP contribution in [-0.4, -0.2) is 37.6 Å². The highest BCUT2D eigenvalue weighted by atomic mass is 16.7. The molecule has 88 valence electrons. The second kappa shape index (κ2) is 4.92. The van der Waals surface area contributed by atoms with Gasteiger partial charge >= 0.3 is 5.97 Å². The highest BCUT2D eigenvalue weighted by Crippen LogP contribution is 2.40. The largest absolute Gasteiger partial charge is 0.481 e. The second-order valence-electron chi connectivity index (χ2n) is 4.10. The summed E-state index contributed by atoms with van der Waals surface area (Å²) in [6.07, 6.45) is 1.74. The van der Waals surface area contributed by atoms with Crippen molar-refractivity contribution in [2.45, 2.75) is 38.0 Å². The van der Waals surface area contributed by atoms with Crippen LogP contribution in [-0.2, 0) is 14.3 Å². The molecule has 0 heterocycles. The van der Waals surface area contributed by atoms with Crippen LogP contribution < -0.4 is 5.73 Å². The first kappa shape index (κ1) is 12.4. The SMILES string of the molecule is COC(OC)C1(C(=O)O)CCC(N)CC1. The van der Waals surface area contributed by atoms with Gasteiger partial charge in [-0.2, -0.15) is 0 Å². The van der Waals surface area contributed by atoms with Gasteiger partial charge in [-0.05, 0) is 25.7 Å². The third-order valence-electron chi connectivity index (χ3n) is 3.23. The van der Waals surface area contributed by atoms with Crippen LogP contribution in [0, 0.1) is 5.41 Å². The molecule has 0 atom stereocenters. The Hall–Kier alpha value is -0.650. The van der Waals surface area contributed by atoms with Gasteiger partial charge in [-0.3, -0.25) is 4.79 Å². The van der Waals surface area contributed by atoms with Crippen LogP contribution >= 0.6 is 0 Å². The minimum Gasteiger partial charge on any atom is -0.481 e. The number of hydrogen-bond acceptors (Lipinski definition) is 4. The fraction of sp³-hybridized carbons (Fsp3) is 0.900. The second-order valence-corrected chi connectivity index (χ2v) is 4.10. The number of nitrogens with two attached hydrogens (primary N) is 1. The van der Waals surface area contributed by atoms with E-state index in [1.807, 2.05) is 0 Å². The third kappa shape index (κ3) is 2.30. The van der Waals surface area contributed by atoms with Gasteiger partial charge in [0.1, 0.15) is 5.41 Å². The number of carboxylic acid groups (broad SMARTS) is 1. The molecular formula is C10H19NO4. The quantitative estimate of drug-likeness (QED) is 0.673. The molecule has 5 heteroatoms. The highest BCUT2D eigenvalue weighted by Gasteiger charge is 2.48. The molecule has 0 aromatic heterocycles. The summed E-state index contributed by atoms with van der Waals surface area (Å²) in [5, 5.41) is 9.31. The molecule has 1 fully saturated rings. The monoisotopic (exact) mass is 217 g/mol. The van der Waals surface area contributed by atoms with Gasteiger partial charge in [0.15, 0.2) is 6.29 Å². The molecule has 0 saturated heterocycles. The molecule has 0 aromatic rings. The maximum absolute atomic E-state index is 11.3. The van der Waals surface area contributed by atoms with Gasteiger partial charge in [-0.25, -0.2) is 0 Å². The summed E-state index contributed by atoms with van der Waals surface area (Å²) in [5.41, 5.74) is 4.83. The first-order valence-electron chi connectivity index (χ1n) is 5.11. The first-order chi connectivity index (χ1) is 7.06. The van der Waals surface area contributed by atoms with E-state index in [2.05, 4.69) is 0 Å². The zero-order valence-corrected chi connectivity index (χ0v) is 9.23. The number of ether oxygens (including phenoxy) is 2. The Morgan fingerprint density at radius 1 is 1.40 bits per heavy atom. The van der Waals surface area contributed by atoms with E-state index in [1.54, 1.807) is 0 Å². The lowest BCUT2D eigenvalue weighted by molar-refractivity contribution is -0.206. The minimum atomic E-state index is -0.931. The molecular weight excluding hydrogens is 198 g/mol. The highest BCUT2D eigenvalue weighted by molar-refractivity contribution is 5.75. The summed E-state index contributed by atoms with van der Waals surface area (Å²) in [5.74, 6) is -0.858. The van der Waals surface area contributed by atoms with Gasteiger partial charge in [0.05, 0.1) is 0 Å². The third-order valence-corrected chi connectivity index (χ3v) is 3.23. The predicted molar refractivity (Wildman–Crippen MR) is 54.3 cm³/mol. The molecule has 0 aliphatic heterocycles. The number of carbonyl (C=O) groups is 1. The van der Waals surface area contributed by atoms with E-state index in [1.165, 1.54) is 14.2 Å². The standard InChI is InChI=1S/C10H19NO4/c1-14-9(15-2)10(8(12)13)5-3-7(11)4-6-10/h7,9H,3-6,11H2,1-2H3,(H,12,13). The van der Waals surface area contributed by atoms with E-state index in [4.69, 9.17) is 15.2 Å². The van der Waals surface area contributed by atoms with Gasteiger partial charge in [0.25, 0.3) is 0 Å². The van der Waals surface area contributed by atoms with E-state index in [0.29, 0.717) is 25.7 Å². The van der Waals surface area contributed by atoms with E-state index in [-0.39, 0.29) is 6.04 Å². The van der Waals surface area contributed by atoms with Crippen molar-refractivity contribution < 1.29 is 19.4 Å². The molecule has 1 saturated carbocycles. The van der Waals surface area contributed by atoms with Gasteiger partial charge in [-0.1, -0.05) is 0 Å². The summed E-state index contributed by atoms with van der Waals surface area (Å²) in [6, 6.07) is 0.104. The Labute approximate surface area is 89.5 Å². The van der Waals surface area contributed by atoms with E-state index < -0.39 is 17.7 Å². The summed E-state index contributed by atoms with van der Waals surface area (Å²) < 4.78 is 10.2. The fourth-order valence-corrected chi connectivity index (χ4v) is 2.25. The lowest BCUT2D eigenvalue weighted by atomic mass is 9.72. The van der Waals surface area contributed by atoms with Crippen LogP contribution in [0.4, 0.5) is 0 Å². The molecule has 3 N–H and O–H groups in total. The van der Waals surface area contributed by atoms with Crippen molar-refractivity contribution in [2.75, 3.05) is 14.2 Å². The molecule has 0 spiro atoms. The van der Waals surface area contributed by atoms with E-state index in [0.717, 1.165) is 0 Å². The molecule has 0 aromatic carbocycles. The first-order valence-corrected chi connectivity index (χ1v) is 5.11. The molecule has 1 aliphatic carbocycles. The summed E-state index contributed by atoms with van der Waals surface area (Å²) in [6.45, 7) is 0. The van der Waals surface area contributed by atoms with Crippen molar-refractivity contribution in [3.8, 4) is 0 Å². The zero-order chi connectivity index (χ0) is 11.5. The van der Waals surface area contributed by atoms with Gasteiger partial charge in [-0.15, -0.1) is 0 Å². The van der Waals surface area contributed by atoms with Gasteiger partial charge < -0.3 is 20.3 Å². The molecule has 0 radical (unpaired) electrons. The Balaban J connectivity index is 2.83. The average Bonchev–Trinajstić information content (AvgIpc) is 2.22. The topological polar surface area (TPSA) is 81.8 Å². The lowest BCUT2D eigenvalue weighted by Crippen LogP contribution is -2.48. The molecule has 0 bridgehead atoms. The van der Waals surface area contributed by atoms with Crippen LogP contribution in [0.5, 0.6) is 0 Å². The van der Waals surface area contributed by atoms with Crippen LogP contribution in [0.15, 0.2) is 0 Å². The number of methoxy groups -OCH3 is 2. The molecule has 0 unspecified atom stereocenters. The Morgan fingerprint density at radius 2 is 1.87 bits per heavy atom. The van der Waals surface area contributed by atoms with Crippen LogP contribution in [0.1, 0.15) is 25.7 Å². The van der Waals surface area contributed by atoms with Gasteiger partial charge in [0, 0.05) is 20.3 Å². The Morgan fingerprint density at radius 3 is 2.20 bits per heavy atom. The smallest absolute Gasteiger partial charge is 0.314 e. The van der Waals surface area contributed by atoms with Crippen molar-refractivity contribution in [3.05, 3.63) is 0 Å². The predicted octanol–water partition coefficient (Wildman–Crippen LogP) is 0.578. The minimum absolute atomic E-state index is 0.104. The zero-order valence-electron chi connectivity index (χ0n) is 9.23. The fourth-order valence-electron chi connectivity index (χ4n) is 2.25. The average molecular weight is 217 g/mol. The van der Waals surface area contributed by atoms with Crippen molar-refractivity contribution in [3.63, 3.8) is 0 Å². The summed E-state index contributed by atoms with van der Waals surface area (Å²) in [7, 11) is 2.93. The van der Waals surface area contributed by atoms with Crippen molar-refractivity contribution in [2.24, 2.45) is 11.1 Å². The maximum Gasteiger partial charge on any atom is 0.314 e. The van der Waals surface area contributed by atoms with E-state index in [9.17, 15) is 9.90 Å². The van der Waals surface area contributed by atoms with Gasteiger partial charge in [0.2, 0.25) is 0 Å². The Kier molecular flexibility index (Phi) is 4.07. The Bertz CT molecular complexity index is 219.